The Labute approximate surface area is 169 Å². The van der Waals surface area contributed by atoms with Gasteiger partial charge in [-0.05, 0) is 42.7 Å². The van der Waals surface area contributed by atoms with Gasteiger partial charge in [-0.25, -0.2) is 13.8 Å². The van der Waals surface area contributed by atoms with E-state index in [0.717, 1.165) is 23.4 Å². The van der Waals surface area contributed by atoms with Gasteiger partial charge in [-0.1, -0.05) is 6.07 Å². The quantitative estimate of drug-likeness (QED) is 0.684. The summed E-state index contributed by atoms with van der Waals surface area (Å²) in [5.74, 6) is -2.21. The number of carbonyl (C=O) groups excluding carboxylic acids is 2. The molecule has 150 valence electrons. The number of rotatable bonds is 5. The van der Waals surface area contributed by atoms with E-state index in [1.165, 1.54) is 28.6 Å². The third-order valence-corrected chi connectivity index (χ3v) is 5.61. The van der Waals surface area contributed by atoms with Crippen LogP contribution in [0.4, 0.5) is 13.9 Å². The van der Waals surface area contributed by atoms with Crippen LogP contribution in [0.1, 0.15) is 33.8 Å². The standard InChI is InChI=1S/C20H17F2N3O3S/c21-14-6-5-12(10-15(14)22)9-13-11-23-20(29-13)24-18(26)16-3-1-7-25(16)19(27)17-4-2-8-28-17/h2,4-6,8,10-11,16H,1,3,7,9H2,(H,23,24,26)/t16-/m0/s1. The van der Waals surface area contributed by atoms with E-state index in [9.17, 15) is 18.4 Å². The summed E-state index contributed by atoms with van der Waals surface area (Å²) in [4.78, 5) is 31.7. The van der Waals surface area contributed by atoms with Gasteiger partial charge < -0.3 is 14.6 Å². The third-order valence-electron chi connectivity index (χ3n) is 4.69. The molecule has 3 heterocycles. The molecule has 3 aromatic rings. The van der Waals surface area contributed by atoms with Crippen LogP contribution in [0.25, 0.3) is 0 Å². The van der Waals surface area contributed by atoms with Crippen molar-refractivity contribution in [2.24, 2.45) is 0 Å². The number of nitrogens with one attached hydrogen (secondary N) is 1. The number of anilines is 1. The molecule has 0 aliphatic carbocycles. The molecule has 29 heavy (non-hydrogen) atoms. The number of benzene rings is 1. The van der Waals surface area contributed by atoms with Gasteiger partial charge in [-0.15, -0.1) is 11.3 Å². The number of amides is 2. The molecule has 0 spiro atoms. The number of hydrogen-bond donors (Lipinski definition) is 1. The highest BCUT2D eigenvalue weighted by Crippen LogP contribution is 2.25. The van der Waals surface area contributed by atoms with E-state index in [1.807, 2.05) is 0 Å². The first-order chi connectivity index (χ1) is 14.0. The van der Waals surface area contributed by atoms with E-state index < -0.39 is 17.7 Å². The molecular weight excluding hydrogens is 400 g/mol. The molecule has 0 saturated carbocycles. The number of carbonyl (C=O) groups is 2. The molecule has 2 amide bonds. The summed E-state index contributed by atoms with van der Waals surface area (Å²) in [7, 11) is 0. The van der Waals surface area contributed by atoms with Crippen LogP contribution in [0.3, 0.4) is 0 Å². The maximum Gasteiger partial charge on any atom is 0.290 e. The molecular formula is C20H17F2N3O3S. The number of halogens is 2. The van der Waals surface area contributed by atoms with Crippen molar-refractivity contribution in [1.82, 2.24) is 9.88 Å². The molecule has 1 fully saturated rings. The average Bonchev–Trinajstić information content (AvgIpc) is 3.45. The monoisotopic (exact) mass is 417 g/mol. The van der Waals surface area contributed by atoms with Gasteiger partial charge in [-0.3, -0.25) is 9.59 Å². The second kappa shape index (κ2) is 8.12. The summed E-state index contributed by atoms with van der Waals surface area (Å²) in [5.41, 5.74) is 0.608. The number of nitrogens with zero attached hydrogens (tertiary/aromatic N) is 2. The molecule has 6 nitrogen and oxygen atoms in total. The minimum atomic E-state index is -0.900. The van der Waals surface area contributed by atoms with Gasteiger partial charge in [0.15, 0.2) is 22.5 Å². The van der Waals surface area contributed by atoms with Crippen molar-refractivity contribution in [3.63, 3.8) is 0 Å². The first-order valence-electron chi connectivity index (χ1n) is 9.05. The lowest BCUT2D eigenvalue weighted by Crippen LogP contribution is -2.43. The van der Waals surface area contributed by atoms with Crippen LogP contribution >= 0.6 is 11.3 Å². The lowest BCUT2D eigenvalue weighted by molar-refractivity contribution is -0.119. The number of likely N-dealkylation sites (tertiary alicyclic amines) is 1. The first-order valence-corrected chi connectivity index (χ1v) is 9.87. The zero-order valence-corrected chi connectivity index (χ0v) is 16.0. The molecule has 1 N–H and O–H groups in total. The SMILES string of the molecule is O=C(Nc1ncc(Cc2ccc(F)c(F)c2)s1)[C@@H]1CCCN1C(=O)c1ccco1. The van der Waals surface area contributed by atoms with Crippen molar-refractivity contribution in [3.8, 4) is 0 Å². The van der Waals surface area contributed by atoms with Gasteiger partial charge >= 0.3 is 0 Å². The molecule has 1 aromatic carbocycles. The highest BCUT2D eigenvalue weighted by molar-refractivity contribution is 7.15. The zero-order valence-electron chi connectivity index (χ0n) is 15.2. The van der Waals surface area contributed by atoms with Crippen molar-refractivity contribution < 1.29 is 22.8 Å². The minimum absolute atomic E-state index is 0.202. The molecule has 1 saturated heterocycles. The predicted molar refractivity (Wildman–Crippen MR) is 103 cm³/mol. The highest BCUT2D eigenvalue weighted by atomic mass is 32.1. The van der Waals surface area contributed by atoms with Gasteiger partial charge in [0.1, 0.15) is 6.04 Å². The lowest BCUT2D eigenvalue weighted by Gasteiger charge is -2.22. The van der Waals surface area contributed by atoms with E-state index in [4.69, 9.17) is 4.42 Å². The van der Waals surface area contributed by atoms with Crippen molar-refractivity contribution in [2.45, 2.75) is 25.3 Å². The molecule has 1 aliphatic heterocycles. The van der Waals surface area contributed by atoms with Gasteiger partial charge in [0.2, 0.25) is 5.91 Å². The predicted octanol–water partition coefficient (Wildman–Crippen LogP) is 3.85. The summed E-state index contributed by atoms with van der Waals surface area (Å²) < 4.78 is 31.5. The minimum Gasteiger partial charge on any atom is -0.459 e. The van der Waals surface area contributed by atoms with E-state index in [2.05, 4.69) is 10.3 Å². The maximum absolute atomic E-state index is 13.4. The lowest BCUT2D eigenvalue weighted by atomic mass is 10.1. The first kappa shape index (κ1) is 19.3. The fourth-order valence-corrected chi connectivity index (χ4v) is 4.16. The second-order valence-corrected chi connectivity index (χ2v) is 7.80. The Bertz CT molecular complexity index is 1040. The Balaban J connectivity index is 1.40. The molecule has 9 heteroatoms. The Morgan fingerprint density at radius 3 is 2.90 bits per heavy atom. The molecule has 2 aromatic heterocycles. The Kier molecular flexibility index (Phi) is 5.39. The molecule has 4 rings (SSSR count). The van der Waals surface area contributed by atoms with Crippen molar-refractivity contribution in [2.75, 3.05) is 11.9 Å². The summed E-state index contributed by atoms with van der Waals surface area (Å²) >= 11 is 1.25. The maximum atomic E-state index is 13.4. The highest BCUT2D eigenvalue weighted by Gasteiger charge is 2.35. The number of furan rings is 1. The number of thiazole rings is 1. The van der Waals surface area contributed by atoms with Crippen LogP contribution in [-0.2, 0) is 11.2 Å². The Morgan fingerprint density at radius 2 is 2.14 bits per heavy atom. The van der Waals surface area contributed by atoms with Gasteiger partial charge in [0.25, 0.3) is 5.91 Å². The molecule has 1 atom stereocenters. The van der Waals surface area contributed by atoms with Crippen molar-refractivity contribution in [3.05, 3.63) is 70.6 Å². The van der Waals surface area contributed by atoms with Crippen LogP contribution in [0.5, 0.6) is 0 Å². The van der Waals surface area contributed by atoms with Crippen LogP contribution in [0.2, 0.25) is 0 Å². The number of aromatic nitrogens is 1. The third kappa shape index (κ3) is 4.19. The normalized spacial score (nSPS) is 16.2. The second-order valence-electron chi connectivity index (χ2n) is 6.68. The van der Waals surface area contributed by atoms with Gasteiger partial charge in [0.05, 0.1) is 6.26 Å². The fraction of sp³-hybridized carbons (Fsp3) is 0.250. The summed E-state index contributed by atoms with van der Waals surface area (Å²) in [6, 6.07) is 6.34. The molecule has 1 aliphatic rings. The Hall–Kier alpha value is -3.07. The fourth-order valence-electron chi connectivity index (χ4n) is 3.31. The van der Waals surface area contributed by atoms with Crippen molar-refractivity contribution in [1.29, 1.82) is 0 Å². The van der Waals surface area contributed by atoms with Gasteiger partial charge in [0, 0.05) is 24.0 Å². The van der Waals surface area contributed by atoms with Crippen LogP contribution < -0.4 is 5.32 Å². The van der Waals surface area contributed by atoms with E-state index in [-0.39, 0.29) is 17.6 Å². The van der Waals surface area contributed by atoms with E-state index in [0.29, 0.717) is 30.1 Å². The number of hydrogen-bond acceptors (Lipinski definition) is 5. The average molecular weight is 417 g/mol. The molecule has 0 radical (unpaired) electrons. The van der Waals surface area contributed by atoms with Gasteiger partial charge in [-0.2, -0.15) is 0 Å². The van der Waals surface area contributed by atoms with E-state index >= 15 is 0 Å². The largest absolute Gasteiger partial charge is 0.459 e. The van der Waals surface area contributed by atoms with Crippen LogP contribution in [-0.4, -0.2) is 34.3 Å². The topological polar surface area (TPSA) is 75.4 Å². The summed E-state index contributed by atoms with van der Waals surface area (Å²) in [6.07, 6.45) is 4.66. The molecule has 0 bridgehead atoms. The van der Waals surface area contributed by atoms with Crippen LogP contribution in [0.15, 0.2) is 47.2 Å². The van der Waals surface area contributed by atoms with E-state index in [1.54, 1.807) is 18.3 Å². The summed E-state index contributed by atoms with van der Waals surface area (Å²) in [5, 5.41) is 3.14. The molecule has 0 unspecified atom stereocenters. The smallest absolute Gasteiger partial charge is 0.290 e. The van der Waals surface area contributed by atoms with Crippen molar-refractivity contribution >= 4 is 28.3 Å². The van der Waals surface area contributed by atoms with Crippen LogP contribution in [0, 0.1) is 11.6 Å². The summed E-state index contributed by atoms with van der Waals surface area (Å²) in [6.45, 7) is 0.483. The zero-order chi connectivity index (χ0) is 20.4. The Morgan fingerprint density at radius 1 is 1.28 bits per heavy atom.